The summed E-state index contributed by atoms with van der Waals surface area (Å²) < 4.78 is 0. The Balaban J connectivity index is 0.00000139. The van der Waals surface area contributed by atoms with Gasteiger partial charge in [0.15, 0.2) is 0 Å². The Morgan fingerprint density at radius 2 is 1.75 bits per heavy atom. The number of imide groups is 1. The minimum absolute atomic E-state index is 0.0204. The van der Waals surface area contributed by atoms with Gasteiger partial charge in [-0.2, -0.15) is 0 Å². The summed E-state index contributed by atoms with van der Waals surface area (Å²) in [6.07, 6.45) is 7.06. The summed E-state index contributed by atoms with van der Waals surface area (Å²) in [5.74, 6) is -1.26. The highest BCUT2D eigenvalue weighted by Crippen LogP contribution is 2.36. The first-order chi connectivity index (χ1) is 11.4. The van der Waals surface area contributed by atoms with E-state index in [0.29, 0.717) is 22.4 Å². The number of carbonyl (C=O) groups is 3. The van der Waals surface area contributed by atoms with Gasteiger partial charge in [-0.15, -0.1) is 0 Å². The number of carbonyl (C=O) groups excluding carboxylic acids is 3. The molecule has 24 heavy (non-hydrogen) atoms. The maximum absolute atomic E-state index is 12.7. The molecule has 0 aromatic heterocycles. The van der Waals surface area contributed by atoms with Gasteiger partial charge in [0, 0.05) is 16.8 Å². The van der Waals surface area contributed by atoms with E-state index in [1.165, 1.54) is 4.90 Å². The quantitative estimate of drug-likeness (QED) is 0.481. The van der Waals surface area contributed by atoms with Crippen LogP contribution in [0.3, 0.4) is 0 Å². The zero-order valence-corrected chi connectivity index (χ0v) is 14.7. The summed E-state index contributed by atoms with van der Waals surface area (Å²) in [6, 6.07) is -0.899. The van der Waals surface area contributed by atoms with Crippen molar-refractivity contribution in [3.05, 3.63) is 59.9 Å². The van der Waals surface area contributed by atoms with Crippen molar-refractivity contribution in [1.29, 1.82) is 0 Å². The van der Waals surface area contributed by atoms with Gasteiger partial charge in [0.25, 0.3) is 11.8 Å². The third kappa shape index (κ3) is 3.45. The SMILES string of the molecule is C=C1CC(=O)NC(=O)C1N1C(=C)C(=C/C)/C(=C\C=C/C)C1=O.CC. The Bertz CT molecular complexity index is 661. The van der Waals surface area contributed by atoms with Gasteiger partial charge >= 0.3 is 0 Å². The van der Waals surface area contributed by atoms with Crippen molar-refractivity contribution < 1.29 is 14.4 Å². The van der Waals surface area contributed by atoms with Crippen LogP contribution < -0.4 is 5.32 Å². The lowest BCUT2D eigenvalue weighted by molar-refractivity contribution is -0.138. The molecule has 128 valence electrons. The van der Waals surface area contributed by atoms with Crippen LogP contribution in [0.1, 0.15) is 34.1 Å². The second-order valence-corrected chi connectivity index (χ2v) is 5.08. The second kappa shape index (κ2) is 8.24. The molecule has 0 saturated carbocycles. The minimum Gasteiger partial charge on any atom is -0.294 e. The van der Waals surface area contributed by atoms with E-state index in [9.17, 15) is 14.4 Å². The number of rotatable bonds is 2. The van der Waals surface area contributed by atoms with Crippen LogP contribution in [-0.4, -0.2) is 28.7 Å². The molecule has 1 atom stereocenters. The molecule has 0 aromatic carbocycles. The van der Waals surface area contributed by atoms with Crippen molar-refractivity contribution in [1.82, 2.24) is 10.2 Å². The van der Waals surface area contributed by atoms with Crippen molar-refractivity contribution in [2.24, 2.45) is 0 Å². The molecule has 2 heterocycles. The molecule has 5 heteroatoms. The number of nitrogens with one attached hydrogen (secondary N) is 1. The third-order valence-electron chi connectivity index (χ3n) is 3.63. The van der Waals surface area contributed by atoms with E-state index >= 15 is 0 Å². The molecule has 0 bridgehead atoms. The van der Waals surface area contributed by atoms with E-state index in [1.807, 2.05) is 26.8 Å². The lowest BCUT2D eigenvalue weighted by Crippen LogP contribution is -2.53. The minimum atomic E-state index is -0.899. The molecular weight excluding hydrogens is 304 g/mol. The number of hydrogen-bond acceptors (Lipinski definition) is 3. The summed E-state index contributed by atoms with van der Waals surface area (Å²) in [5, 5.41) is 2.24. The van der Waals surface area contributed by atoms with Crippen LogP contribution in [0.2, 0.25) is 0 Å². The molecule has 2 saturated heterocycles. The Kier molecular flexibility index (Phi) is 6.65. The number of hydrogen-bond donors (Lipinski definition) is 1. The largest absolute Gasteiger partial charge is 0.294 e. The Labute approximate surface area is 143 Å². The Hall–Kier alpha value is -2.69. The first-order valence-corrected chi connectivity index (χ1v) is 7.96. The zero-order chi connectivity index (χ0) is 18.4. The van der Waals surface area contributed by atoms with Crippen molar-refractivity contribution in [2.45, 2.75) is 40.2 Å². The van der Waals surface area contributed by atoms with Crippen molar-refractivity contribution in [3.8, 4) is 0 Å². The van der Waals surface area contributed by atoms with E-state index in [1.54, 1.807) is 25.2 Å². The predicted octanol–water partition coefficient (Wildman–Crippen LogP) is 2.79. The fourth-order valence-electron chi connectivity index (χ4n) is 2.64. The molecule has 5 nitrogen and oxygen atoms in total. The molecule has 0 spiro atoms. The van der Waals surface area contributed by atoms with Gasteiger partial charge in [-0.3, -0.25) is 24.6 Å². The average molecular weight is 328 g/mol. The van der Waals surface area contributed by atoms with Gasteiger partial charge in [0.05, 0.1) is 6.42 Å². The van der Waals surface area contributed by atoms with Crippen LogP contribution in [0.4, 0.5) is 0 Å². The molecule has 1 unspecified atom stereocenters. The lowest BCUT2D eigenvalue weighted by atomic mass is 9.98. The molecule has 2 aliphatic heterocycles. The lowest BCUT2D eigenvalue weighted by Gasteiger charge is -2.31. The molecule has 0 aliphatic carbocycles. The van der Waals surface area contributed by atoms with Crippen LogP contribution in [0.15, 0.2) is 59.9 Å². The van der Waals surface area contributed by atoms with Crippen molar-refractivity contribution in [2.75, 3.05) is 0 Å². The third-order valence-corrected chi connectivity index (χ3v) is 3.63. The molecule has 0 radical (unpaired) electrons. The van der Waals surface area contributed by atoms with Gasteiger partial charge in [-0.25, -0.2) is 0 Å². The second-order valence-electron chi connectivity index (χ2n) is 5.08. The van der Waals surface area contributed by atoms with Gasteiger partial charge in [-0.1, -0.05) is 45.2 Å². The molecule has 3 amide bonds. The highest BCUT2D eigenvalue weighted by Gasteiger charge is 2.44. The molecule has 2 rings (SSSR count). The summed E-state index contributed by atoms with van der Waals surface area (Å²) in [7, 11) is 0. The molecule has 2 fully saturated rings. The van der Waals surface area contributed by atoms with Gasteiger partial charge in [0.2, 0.25) is 5.91 Å². The van der Waals surface area contributed by atoms with Crippen LogP contribution in [0.25, 0.3) is 0 Å². The van der Waals surface area contributed by atoms with Gasteiger partial charge in [0.1, 0.15) is 6.04 Å². The highest BCUT2D eigenvalue weighted by molar-refractivity contribution is 6.11. The molecule has 0 aromatic rings. The zero-order valence-electron chi connectivity index (χ0n) is 14.7. The molecular formula is C19H24N2O3. The topological polar surface area (TPSA) is 66.5 Å². The molecule has 2 aliphatic rings. The van der Waals surface area contributed by atoms with E-state index in [4.69, 9.17) is 0 Å². The van der Waals surface area contributed by atoms with Crippen LogP contribution in [0, 0.1) is 0 Å². The van der Waals surface area contributed by atoms with Crippen molar-refractivity contribution in [3.63, 3.8) is 0 Å². The summed E-state index contributed by atoms with van der Waals surface area (Å²) in [6.45, 7) is 15.4. The number of amides is 3. The van der Waals surface area contributed by atoms with Crippen molar-refractivity contribution >= 4 is 17.7 Å². The first-order valence-electron chi connectivity index (χ1n) is 7.96. The van der Waals surface area contributed by atoms with E-state index in [0.717, 1.165) is 0 Å². The maximum atomic E-state index is 12.7. The van der Waals surface area contributed by atoms with Gasteiger partial charge in [-0.05, 0) is 25.5 Å². The maximum Gasteiger partial charge on any atom is 0.259 e. The average Bonchev–Trinajstić information content (AvgIpc) is 2.77. The fourth-order valence-corrected chi connectivity index (χ4v) is 2.64. The van der Waals surface area contributed by atoms with Gasteiger partial charge < -0.3 is 0 Å². The monoisotopic (exact) mass is 328 g/mol. The normalized spacial score (nSPS) is 24.8. The Morgan fingerprint density at radius 1 is 1.12 bits per heavy atom. The van der Waals surface area contributed by atoms with E-state index in [2.05, 4.69) is 18.5 Å². The highest BCUT2D eigenvalue weighted by atomic mass is 16.2. The smallest absolute Gasteiger partial charge is 0.259 e. The number of likely N-dealkylation sites (tertiary alicyclic amines) is 1. The van der Waals surface area contributed by atoms with Crippen LogP contribution in [0.5, 0.6) is 0 Å². The predicted molar refractivity (Wildman–Crippen MR) is 94.7 cm³/mol. The van der Waals surface area contributed by atoms with E-state index < -0.39 is 17.9 Å². The number of allylic oxidation sites excluding steroid dienone is 5. The summed E-state index contributed by atoms with van der Waals surface area (Å²) in [4.78, 5) is 37.5. The molecule has 1 N–H and O–H groups in total. The number of piperidine rings is 1. The fraction of sp³-hybridized carbons (Fsp3) is 0.316. The summed E-state index contributed by atoms with van der Waals surface area (Å²) in [5.41, 5.74) is 1.99. The van der Waals surface area contributed by atoms with Crippen LogP contribution >= 0.6 is 0 Å². The summed E-state index contributed by atoms with van der Waals surface area (Å²) >= 11 is 0. The van der Waals surface area contributed by atoms with Crippen LogP contribution in [-0.2, 0) is 14.4 Å². The number of nitrogens with zero attached hydrogens (tertiary/aromatic N) is 1. The standard InChI is InChI=1S/C17H18N2O3.C2H6/c1-5-7-8-13-12(6-2)11(4)19(17(13)22)15-10(3)9-14(20)18-16(15)21;1-2/h5-8,15H,3-4,9H2,1-2H3,(H,18,20,21);1-2H3/b7-5-,12-6-,13-8+;. The Morgan fingerprint density at radius 3 is 2.25 bits per heavy atom. The first kappa shape index (κ1) is 19.4. The van der Waals surface area contributed by atoms with E-state index in [-0.39, 0.29) is 12.3 Å².